The number of hydrogen-bond donors (Lipinski definition) is 1. The number of carbonyl (C=O) groups excluding carboxylic acids is 3. The average molecular weight is 626 g/mol. The highest BCUT2D eigenvalue weighted by Gasteiger charge is 2.78. The Morgan fingerprint density at radius 1 is 1.18 bits per heavy atom. The van der Waals surface area contributed by atoms with Crippen molar-refractivity contribution in [3.8, 4) is 0 Å². The summed E-state index contributed by atoms with van der Waals surface area (Å²) in [5.41, 5.74) is 0.758. The lowest BCUT2D eigenvalue weighted by atomic mass is 9.66. The van der Waals surface area contributed by atoms with Gasteiger partial charge in [0.25, 0.3) is 0 Å². The molecule has 9 nitrogen and oxygen atoms in total. The van der Waals surface area contributed by atoms with Crippen molar-refractivity contribution in [1.82, 2.24) is 14.7 Å². The molecule has 1 spiro atoms. The molecule has 1 aromatic carbocycles. The van der Waals surface area contributed by atoms with Crippen molar-refractivity contribution in [3.05, 3.63) is 61.2 Å². The fourth-order valence-electron chi connectivity index (χ4n) is 7.73. The Hall–Kier alpha value is -2.66. The Balaban J connectivity index is 1.49. The highest BCUT2D eigenvalue weighted by molar-refractivity contribution is 8.02. The van der Waals surface area contributed by atoms with E-state index in [-0.39, 0.29) is 24.4 Å². The van der Waals surface area contributed by atoms with Gasteiger partial charge in [0.1, 0.15) is 6.04 Å². The van der Waals surface area contributed by atoms with E-state index in [4.69, 9.17) is 9.47 Å². The maximum atomic E-state index is 14.8. The molecule has 4 saturated heterocycles. The van der Waals surface area contributed by atoms with Crippen molar-refractivity contribution in [2.24, 2.45) is 11.8 Å². The van der Waals surface area contributed by atoms with Crippen molar-refractivity contribution in [2.75, 3.05) is 59.2 Å². The van der Waals surface area contributed by atoms with E-state index >= 15 is 0 Å². The molecule has 4 aliphatic rings. The molecule has 4 heterocycles. The first kappa shape index (κ1) is 32.7. The molecule has 1 N–H and O–H groups in total. The fourth-order valence-corrected chi connectivity index (χ4v) is 10.1. The minimum absolute atomic E-state index is 0.154. The Bertz CT molecular complexity index is 1210. The third-order valence-electron chi connectivity index (χ3n) is 9.89. The molecule has 6 atom stereocenters. The van der Waals surface area contributed by atoms with Crippen LogP contribution in [0.1, 0.15) is 50.6 Å². The first-order chi connectivity index (χ1) is 21.3. The van der Waals surface area contributed by atoms with Crippen molar-refractivity contribution in [2.45, 2.75) is 60.6 Å². The van der Waals surface area contributed by atoms with Gasteiger partial charge in [0.2, 0.25) is 11.8 Å². The van der Waals surface area contributed by atoms with Crippen LogP contribution in [0.15, 0.2) is 55.6 Å². The number of ether oxygens (including phenoxy) is 2. The van der Waals surface area contributed by atoms with Crippen LogP contribution in [0.2, 0.25) is 0 Å². The van der Waals surface area contributed by atoms with Gasteiger partial charge in [0.05, 0.1) is 49.1 Å². The molecule has 4 aliphatic heterocycles. The molecule has 2 amide bonds. The maximum absolute atomic E-state index is 14.8. The second-order valence-corrected chi connectivity index (χ2v) is 14.5. The Morgan fingerprint density at radius 3 is 2.61 bits per heavy atom. The van der Waals surface area contributed by atoms with Crippen LogP contribution < -0.4 is 0 Å². The number of hydrogen-bond acceptors (Lipinski definition) is 8. The van der Waals surface area contributed by atoms with Gasteiger partial charge in [-0.3, -0.25) is 19.3 Å². The molecule has 2 bridgehead atoms. The van der Waals surface area contributed by atoms with E-state index < -0.39 is 33.4 Å². The maximum Gasteiger partial charge on any atom is 0.311 e. The zero-order valence-corrected chi connectivity index (χ0v) is 26.7. The molecule has 4 fully saturated rings. The minimum atomic E-state index is -0.834. The number of unbranched alkanes of at least 4 members (excludes halogenated alkanes) is 2. The predicted molar refractivity (Wildman–Crippen MR) is 171 cm³/mol. The van der Waals surface area contributed by atoms with Crippen LogP contribution >= 0.6 is 11.8 Å². The van der Waals surface area contributed by atoms with E-state index in [9.17, 15) is 19.5 Å². The number of rotatable bonds is 15. The number of amides is 2. The van der Waals surface area contributed by atoms with Crippen molar-refractivity contribution in [3.63, 3.8) is 0 Å². The number of nitrogens with zero attached hydrogens (tertiary/aromatic N) is 3. The number of aliphatic hydroxyl groups excluding tert-OH is 1. The number of allylic oxidation sites excluding steroid dienone is 1. The summed E-state index contributed by atoms with van der Waals surface area (Å²) in [6.07, 6.45) is 7.38. The number of thioether (sulfide) groups is 1. The molecule has 5 rings (SSSR count). The monoisotopic (exact) mass is 625 g/mol. The van der Waals surface area contributed by atoms with E-state index in [0.29, 0.717) is 52.3 Å². The van der Waals surface area contributed by atoms with Crippen LogP contribution in [-0.2, 0) is 23.9 Å². The Labute approximate surface area is 265 Å². The Kier molecular flexibility index (Phi) is 10.6. The van der Waals surface area contributed by atoms with Gasteiger partial charge in [0, 0.05) is 37.5 Å². The van der Waals surface area contributed by atoms with Crippen LogP contribution in [0.25, 0.3) is 0 Å². The smallest absolute Gasteiger partial charge is 0.311 e. The molecule has 2 unspecified atom stereocenters. The summed E-state index contributed by atoms with van der Waals surface area (Å²) < 4.78 is 10.00. The van der Waals surface area contributed by atoms with Crippen LogP contribution in [0.3, 0.4) is 0 Å². The van der Waals surface area contributed by atoms with Crippen LogP contribution in [0.5, 0.6) is 0 Å². The number of morpholine rings is 1. The summed E-state index contributed by atoms with van der Waals surface area (Å²) in [7, 11) is 0. The largest absolute Gasteiger partial charge is 0.465 e. The van der Waals surface area contributed by atoms with E-state index in [1.807, 2.05) is 43.3 Å². The summed E-state index contributed by atoms with van der Waals surface area (Å²) in [4.78, 5) is 49.0. The number of likely N-dealkylation sites (tertiary alicyclic amines) is 1. The first-order valence-corrected chi connectivity index (χ1v) is 16.8. The predicted octanol–water partition coefficient (Wildman–Crippen LogP) is 3.45. The van der Waals surface area contributed by atoms with Crippen molar-refractivity contribution < 1.29 is 29.0 Å². The molecule has 240 valence electrons. The molecule has 0 radical (unpaired) electrons. The number of carbonyl (C=O) groups is 3. The van der Waals surface area contributed by atoms with Gasteiger partial charge in [-0.05, 0) is 44.6 Å². The number of aliphatic hydroxyl groups is 1. The van der Waals surface area contributed by atoms with Gasteiger partial charge in [-0.1, -0.05) is 42.5 Å². The first-order valence-electron chi connectivity index (χ1n) is 16.0. The quantitative estimate of drug-likeness (QED) is 0.180. The molecule has 0 aromatic heterocycles. The van der Waals surface area contributed by atoms with E-state index in [2.05, 4.69) is 18.1 Å². The van der Waals surface area contributed by atoms with Gasteiger partial charge in [-0.2, -0.15) is 0 Å². The van der Waals surface area contributed by atoms with Crippen LogP contribution in [-0.4, -0.2) is 112 Å². The number of fused-ring (bicyclic) bond motifs is 1. The molecular weight excluding hydrogens is 578 g/mol. The van der Waals surface area contributed by atoms with Gasteiger partial charge >= 0.3 is 5.97 Å². The zero-order chi connectivity index (χ0) is 31.3. The standard InChI is InChI=1S/C34H47N3O6S/c1-4-6-7-11-21-43-32(41)28-27-30(39)37(26(24-38)25-12-9-8-10-13-25)29(34(27)15-14-33(28,3)44-34)31(40)36(16-5-2)18-17-35-19-22-42-23-20-35/h4-5,8-10,12-13,26-29,38H,1-2,6-7,11,14-24H2,3H3/t26-,27+,28+,29?,33-,34?/m1/s1. The normalized spacial score (nSPS) is 30.2. The summed E-state index contributed by atoms with van der Waals surface area (Å²) in [6, 6.07) is 7.83. The molecule has 44 heavy (non-hydrogen) atoms. The van der Waals surface area contributed by atoms with E-state index in [1.54, 1.807) is 27.6 Å². The third-order valence-corrected chi connectivity index (χ3v) is 11.9. The molecular formula is C34H47N3O6S. The highest BCUT2D eigenvalue weighted by Crippen LogP contribution is 2.72. The summed E-state index contributed by atoms with van der Waals surface area (Å²) in [5.74, 6) is -2.13. The lowest BCUT2D eigenvalue weighted by molar-refractivity contribution is -0.156. The van der Waals surface area contributed by atoms with E-state index in [1.165, 1.54) is 0 Å². The molecule has 10 heteroatoms. The third kappa shape index (κ3) is 6.10. The zero-order valence-electron chi connectivity index (χ0n) is 25.9. The van der Waals surface area contributed by atoms with Crippen molar-refractivity contribution >= 4 is 29.5 Å². The number of benzene rings is 1. The highest BCUT2D eigenvalue weighted by atomic mass is 32.2. The lowest BCUT2D eigenvalue weighted by Gasteiger charge is -2.40. The lowest BCUT2D eigenvalue weighted by Crippen LogP contribution is -2.56. The van der Waals surface area contributed by atoms with E-state index in [0.717, 1.165) is 37.9 Å². The SMILES string of the molecule is C=CCCCCOC(=O)[C@@H]1[C@H]2C(=O)N([C@H](CO)c3ccccc3)C(C(=O)N(CC=C)CCN3CCOCC3)C23CC[C@@]1(C)S3. The van der Waals surface area contributed by atoms with Crippen LogP contribution in [0.4, 0.5) is 0 Å². The average Bonchev–Trinajstić information content (AvgIpc) is 3.61. The topological polar surface area (TPSA) is 99.6 Å². The molecule has 0 aliphatic carbocycles. The second-order valence-electron chi connectivity index (χ2n) is 12.6. The van der Waals surface area contributed by atoms with Gasteiger partial charge in [-0.25, -0.2) is 0 Å². The molecule has 1 aromatic rings. The molecule has 0 saturated carbocycles. The summed E-state index contributed by atoms with van der Waals surface area (Å²) >= 11 is 1.63. The van der Waals surface area contributed by atoms with Gasteiger partial charge in [-0.15, -0.1) is 24.9 Å². The van der Waals surface area contributed by atoms with Crippen molar-refractivity contribution in [1.29, 1.82) is 0 Å². The second kappa shape index (κ2) is 14.2. The number of esters is 1. The minimum Gasteiger partial charge on any atom is -0.465 e. The Morgan fingerprint density at radius 2 is 1.93 bits per heavy atom. The fraction of sp³-hybridized carbons (Fsp3) is 0.618. The van der Waals surface area contributed by atoms with Crippen LogP contribution in [0, 0.1) is 11.8 Å². The summed E-state index contributed by atoms with van der Waals surface area (Å²) in [5, 5.41) is 10.8. The summed E-state index contributed by atoms with van der Waals surface area (Å²) in [6.45, 7) is 14.1. The van der Waals surface area contributed by atoms with Gasteiger partial charge < -0.3 is 24.4 Å². The van der Waals surface area contributed by atoms with Gasteiger partial charge in [0.15, 0.2) is 0 Å².